The van der Waals surface area contributed by atoms with E-state index in [0.29, 0.717) is 19.7 Å². The zero-order valence-electron chi connectivity index (χ0n) is 17.6. The Hall–Kier alpha value is -2.57. The Kier molecular flexibility index (Phi) is 7.10. The number of fused-ring (bicyclic) bond motifs is 1. The molecule has 2 amide bonds. The maximum atomic E-state index is 12.8. The fraction of sp³-hybridized carbons (Fsp3) is 0.417. The summed E-state index contributed by atoms with van der Waals surface area (Å²) in [4.78, 5) is 31.6. The van der Waals surface area contributed by atoms with Crippen LogP contribution in [0.1, 0.15) is 24.8 Å². The standard InChI is InChI=1S/C24H28ClN3O3/c25-20-8-6-19(7-9-20)18-26-12-3-13-27(15-14-26)23(29)10-11-24(30)28-16-17-31-22-5-2-1-4-21(22)28/h1-2,4-9H,3,10-18H2. The van der Waals surface area contributed by atoms with Gasteiger partial charge >= 0.3 is 0 Å². The first kappa shape index (κ1) is 21.7. The molecule has 6 nitrogen and oxygen atoms in total. The van der Waals surface area contributed by atoms with Crippen molar-refractivity contribution in [2.75, 3.05) is 44.2 Å². The minimum Gasteiger partial charge on any atom is -0.490 e. The number of hydrogen-bond donors (Lipinski definition) is 0. The molecule has 0 bridgehead atoms. The van der Waals surface area contributed by atoms with E-state index in [1.807, 2.05) is 53.4 Å². The van der Waals surface area contributed by atoms with Crippen molar-refractivity contribution in [1.82, 2.24) is 9.80 Å². The summed E-state index contributed by atoms with van der Waals surface area (Å²) >= 11 is 5.97. The Bertz CT molecular complexity index is 919. The molecule has 0 unspecified atom stereocenters. The van der Waals surface area contributed by atoms with E-state index < -0.39 is 0 Å². The van der Waals surface area contributed by atoms with Crippen molar-refractivity contribution in [1.29, 1.82) is 0 Å². The number of carbonyl (C=O) groups excluding carboxylic acids is 2. The van der Waals surface area contributed by atoms with Gasteiger partial charge < -0.3 is 14.5 Å². The highest BCUT2D eigenvalue weighted by Gasteiger charge is 2.25. The molecule has 1 fully saturated rings. The quantitative estimate of drug-likeness (QED) is 0.711. The molecule has 0 N–H and O–H groups in total. The van der Waals surface area contributed by atoms with Crippen LogP contribution in [0.2, 0.25) is 5.02 Å². The molecule has 0 spiro atoms. The Morgan fingerprint density at radius 2 is 1.65 bits per heavy atom. The first-order valence-corrected chi connectivity index (χ1v) is 11.2. The van der Waals surface area contributed by atoms with Crippen molar-refractivity contribution < 1.29 is 14.3 Å². The monoisotopic (exact) mass is 441 g/mol. The summed E-state index contributed by atoms with van der Waals surface area (Å²) in [5, 5.41) is 0.742. The fourth-order valence-corrected chi connectivity index (χ4v) is 4.29. The molecule has 0 saturated carbocycles. The molecule has 0 aliphatic carbocycles. The third kappa shape index (κ3) is 5.57. The maximum absolute atomic E-state index is 12.8. The van der Waals surface area contributed by atoms with E-state index in [9.17, 15) is 9.59 Å². The number of benzene rings is 2. The van der Waals surface area contributed by atoms with E-state index >= 15 is 0 Å². The number of para-hydroxylation sites is 2. The average molecular weight is 442 g/mol. The molecule has 2 aromatic carbocycles. The molecule has 31 heavy (non-hydrogen) atoms. The molecule has 2 aromatic rings. The predicted octanol–water partition coefficient (Wildman–Crippen LogP) is 3.58. The molecule has 7 heteroatoms. The maximum Gasteiger partial charge on any atom is 0.227 e. The predicted molar refractivity (Wildman–Crippen MR) is 121 cm³/mol. The summed E-state index contributed by atoms with van der Waals surface area (Å²) in [6.45, 7) is 5.08. The van der Waals surface area contributed by atoms with Gasteiger partial charge in [0.05, 0.1) is 12.2 Å². The van der Waals surface area contributed by atoms with Gasteiger partial charge in [-0.25, -0.2) is 0 Å². The molecule has 1 saturated heterocycles. The van der Waals surface area contributed by atoms with Crippen molar-refractivity contribution in [3.63, 3.8) is 0 Å². The van der Waals surface area contributed by atoms with Gasteiger partial charge in [0.25, 0.3) is 0 Å². The highest BCUT2D eigenvalue weighted by molar-refractivity contribution is 6.30. The van der Waals surface area contributed by atoms with Gasteiger partial charge in [-0.3, -0.25) is 14.5 Å². The molecular weight excluding hydrogens is 414 g/mol. The molecular formula is C24H28ClN3O3. The number of halogens is 1. The van der Waals surface area contributed by atoms with Crippen LogP contribution in [0.4, 0.5) is 5.69 Å². The zero-order valence-corrected chi connectivity index (χ0v) is 18.4. The number of carbonyl (C=O) groups is 2. The van der Waals surface area contributed by atoms with Crippen molar-refractivity contribution in [3.05, 3.63) is 59.1 Å². The largest absolute Gasteiger partial charge is 0.490 e. The van der Waals surface area contributed by atoms with Crippen LogP contribution in [0.15, 0.2) is 48.5 Å². The van der Waals surface area contributed by atoms with Crippen LogP contribution >= 0.6 is 11.6 Å². The normalized spacial score (nSPS) is 16.9. The third-order valence-corrected chi connectivity index (χ3v) is 6.09. The number of nitrogens with zero attached hydrogens (tertiary/aromatic N) is 3. The van der Waals surface area contributed by atoms with E-state index in [1.54, 1.807) is 4.90 Å². The number of rotatable bonds is 5. The van der Waals surface area contributed by atoms with E-state index in [0.717, 1.165) is 49.1 Å². The van der Waals surface area contributed by atoms with Crippen LogP contribution in [0.3, 0.4) is 0 Å². The lowest BCUT2D eigenvalue weighted by Gasteiger charge is -2.29. The lowest BCUT2D eigenvalue weighted by atomic mass is 10.2. The SMILES string of the molecule is O=C(CCC(=O)N1CCOc2ccccc21)N1CCCN(Cc2ccc(Cl)cc2)CC1. The van der Waals surface area contributed by atoms with Gasteiger partial charge in [0.1, 0.15) is 12.4 Å². The highest BCUT2D eigenvalue weighted by Crippen LogP contribution is 2.31. The molecule has 2 heterocycles. The lowest BCUT2D eigenvalue weighted by Crippen LogP contribution is -2.39. The second kappa shape index (κ2) is 10.2. The van der Waals surface area contributed by atoms with Crippen LogP contribution in [0.5, 0.6) is 5.75 Å². The van der Waals surface area contributed by atoms with Gasteiger partial charge in [0.2, 0.25) is 11.8 Å². The van der Waals surface area contributed by atoms with Gasteiger partial charge in [-0.05, 0) is 36.2 Å². The van der Waals surface area contributed by atoms with Gasteiger partial charge in [-0.1, -0.05) is 35.9 Å². The van der Waals surface area contributed by atoms with Crippen LogP contribution in [0.25, 0.3) is 0 Å². The molecule has 4 rings (SSSR count). The zero-order chi connectivity index (χ0) is 21.6. The van der Waals surface area contributed by atoms with E-state index in [-0.39, 0.29) is 24.7 Å². The first-order valence-electron chi connectivity index (χ1n) is 10.9. The topological polar surface area (TPSA) is 53.1 Å². The summed E-state index contributed by atoms with van der Waals surface area (Å²) in [7, 11) is 0. The van der Waals surface area contributed by atoms with Crippen LogP contribution < -0.4 is 9.64 Å². The number of ether oxygens (including phenoxy) is 1. The summed E-state index contributed by atoms with van der Waals surface area (Å²) < 4.78 is 5.62. The molecule has 0 atom stereocenters. The highest BCUT2D eigenvalue weighted by atomic mass is 35.5. The summed E-state index contributed by atoms with van der Waals surface area (Å²) in [5.74, 6) is 0.758. The minimum atomic E-state index is -0.0247. The third-order valence-electron chi connectivity index (χ3n) is 5.84. The molecule has 0 radical (unpaired) electrons. The Balaban J connectivity index is 1.26. The smallest absolute Gasteiger partial charge is 0.227 e. The summed E-state index contributed by atoms with van der Waals surface area (Å²) in [6, 6.07) is 15.5. The number of anilines is 1. The average Bonchev–Trinajstić information content (AvgIpc) is 3.04. The summed E-state index contributed by atoms with van der Waals surface area (Å²) in [6.07, 6.45) is 1.40. The second-order valence-corrected chi connectivity index (χ2v) is 8.43. The Labute approximate surface area is 188 Å². The second-order valence-electron chi connectivity index (χ2n) is 8.00. The lowest BCUT2D eigenvalue weighted by molar-refractivity contribution is -0.133. The van der Waals surface area contributed by atoms with Crippen molar-refractivity contribution in [2.24, 2.45) is 0 Å². The van der Waals surface area contributed by atoms with Gasteiger partial charge in [-0.2, -0.15) is 0 Å². The van der Waals surface area contributed by atoms with Gasteiger partial charge in [-0.15, -0.1) is 0 Å². The van der Waals surface area contributed by atoms with E-state index in [1.165, 1.54) is 5.56 Å². The van der Waals surface area contributed by atoms with E-state index in [2.05, 4.69) is 4.90 Å². The summed E-state index contributed by atoms with van der Waals surface area (Å²) in [5.41, 5.74) is 2.01. The van der Waals surface area contributed by atoms with Crippen molar-refractivity contribution in [2.45, 2.75) is 25.8 Å². The molecule has 2 aliphatic heterocycles. The number of hydrogen-bond acceptors (Lipinski definition) is 4. The van der Waals surface area contributed by atoms with Crippen molar-refractivity contribution in [3.8, 4) is 5.75 Å². The van der Waals surface area contributed by atoms with Crippen LogP contribution in [-0.4, -0.2) is 60.9 Å². The molecule has 164 valence electrons. The van der Waals surface area contributed by atoms with Crippen LogP contribution in [-0.2, 0) is 16.1 Å². The first-order chi connectivity index (χ1) is 15.1. The minimum absolute atomic E-state index is 0.0247. The number of amides is 2. The molecule has 2 aliphatic rings. The Morgan fingerprint density at radius 3 is 2.48 bits per heavy atom. The van der Waals surface area contributed by atoms with E-state index in [4.69, 9.17) is 16.3 Å². The van der Waals surface area contributed by atoms with Gasteiger partial charge in [0.15, 0.2) is 0 Å². The van der Waals surface area contributed by atoms with Crippen LogP contribution in [0, 0.1) is 0 Å². The fourth-order valence-electron chi connectivity index (χ4n) is 4.16. The van der Waals surface area contributed by atoms with Gasteiger partial charge in [0, 0.05) is 50.6 Å². The van der Waals surface area contributed by atoms with Crippen molar-refractivity contribution >= 4 is 29.1 Å². The Morgan fingerprint density at radius 1 is 0.871 bits per heavy atom. The molecule has 0 aromatic heterocycles.